The van der Waals surface area contributed by atoms with E-state index in [-0.39, 0.29) is 0 Å². The van der Waals surface area contributed by atoms with Gasteiger partial charge in [-0.2, -0.15) is 0 Å². The number of aromatic nitrogens is 1. The largest absolute Gasteiger partial charge is 0.364 e. The maximum absolute atomic E-state index is 9.05. The smallest absolute Gasteiger partial charge is 0.179 e. The molecule has 0 atom stereocenters. The topological polar surface area (TPSA) is 53.4 Å². The zero-order valence-electron chi connectivity index (χ0n) is 6.88. The zero-order valence-corrected chi connectivity index (χ0v) is 6.88. The van der Waals surface area contributed by atoms with E-state index >= 15 is 0 Å². The van der Waals surface area contributed by atoms with Crippen molar-refractivity contribution in [2.24, 2.45) is 0 Å². The van der Waals surface area contributed by atoms with Crippen LogP contribution in [0.25, 0.3) is 10.9 Å². The molecule has 2 N–H and O–H groups in total. The van der Waals surface area contributed by atoms with Crippen molar-refractivity contribution < 1.29 is 10.2 Å². The van der Waals surface area contributed by atoms with Crippen LogP contribution >= 0.6 is 0 Å². The molecule has 0 fully saturated rings. The van der Waals surface area contributed by atoms with Crippen LogP contribution in [0.5, 0.6) is 0 Å². The quantitative estimate of drug-likeness (QED) is 0.641. The Morgan fingerprint density at radius 3 is 2.62 bits per heavy atom. The van der Waals surface area contributed by atoms with Gasteiger partial charge < -0.3 is 10.2 Å². The number of pyridine rings is 1. The highest BCUT2D eigenvalue weighted by Gasteiger charge is 2.06. The number of hydrogen-bond donors (Lipinski definition) is 2. The van der Waals surface area contributed by atoms with Crippen LogP contribution in [0.2, 0.25) is 0 Å². The fourth-order valence-corrected chi connectivity index (χ4v) is 1.34. The third kappa shape index (κ3) is 1.39. The molecule has 0 amide bonds. The maximum atomic E-state index is 9.05. The summed E-state index contributed by atoms with van der Waals surface area (Å²) in [7, 11) is 0. The van der Waals surface area contributed by atoms with Crippen LogP contribution in [0.1, 0.15) is 11.9 Å². The fraction of sp³-hybridized carbons (Fsp3) is 0.100. The Hall–Kier alpha value is -1.45. The van der Waals surface area contributed by atoms with E-state index in [1.165, 1.54) is 0 Å². The van der Waals surface area contributed by atoms with Crippen molar-refractivity contribution in [2.45, 2.75) is 6.29 Å². The van der Waals surface area contributed by atoms with E-state index in [1.54, 1.807) is 12.3 Å². The van der Waals surface area contributed by atoms with E-state index in [0.29, 0.717) is 5.56 Å². The van der Waals surface area contributed by atoms with Crippen LogP contribution in [0.3, 0.4) is 0 Å². The van der Waals surface area contributed by atoms with Crippen LogP contribution in [0, 0.1) is 0 Å². The zero-order chi connectivity index (χ0) is 9.26. The summed E-state index contributed by atoms with van der Waals surface area (Å²) in [5, 5.41) is 18.9. The van der Waals surface area contributed by atoms with Gasteiger partial charge >= 0.3 is 0 Å². The van der Waals surface area contributed by atoms with Crippen LogP contribution in [0.15, 0.2) is 36.5 Å². The Labute approximate surface area is 75.3 Å². The number of hydrogen-bond acceptors (Lipinski definition) is 3. The second-order valence-electron chi connectivity index (χ2n) is 2.79. The summed E-state index contributed by atoms with van der Waals surface area (Å²) in [6.07, 6.45) is 0.129. The van der Waals surface area contributed by atoms with E-state index in [4.69, 9.17) is 10.2 Å². The molecule has 0 saturated heterocycles. The summed E-state index contributed by atoms with van der Waals surface area (Å²) < 4.78 is 0. The molecule has 0 aliphatic rings. The minimum Gasteiger partial charge on any atom is -0.364 e. The van der Waals surface area contributed by atoms with Crippen molar-refractivity contribution in [2.75, 3.05) is 0 Å². The first-order valence-corrected chi connectivity index (χ1v) is 3.99. The lowest BCUT2D eigenvalue weighted by Gasteiger charge is -2.06. The molecule has 1 heterocycles. The molecule has 0 unspecified atom stereocenters. The van der Waals surface area contributed by atoms with Gasteiger partial charge in [-0.25, -0.2) is 0 Å². The van der Waals surface area contributed by atoms with Crippen LogP contribution in [-0.4, -0.2) is 15.2 Å². The number of fused-ring (bicyclic) bond motifs is 1. The maximum Gasteiger partial charge on any atom is 0.179 e. The van der Waals surface area contributed by atoms with E-state index in [0.717, 1.165) is 10.9 Å². The summed E-state index contributed by atoms with van der Waals surface area (Å²) in [6.45, 7) is 0. The first kappa shape index (κ1) is 8.16. The van der Waals surface area contributed by atoms with Crippen molar-refractivity contribution in [3.8, 4) is 0 Å². The van der Waals surface area contributed by atoms with Crippen LogP contribution in [0.4, 0.5) is 0 Å². The van der Waals surface area contributed by atoms with E-state index < -0.39 is 6.29 Å². The third-order valence-corrected chi connectivity index (χ3v) is 1.96. The molecule has 3 nitrogen and oxygen atoms in total. The molecule has 0 aliphatic carbocycles. The van der Waals surface area contributed by atoms with Gasteiger partial charge in [0.05, 0.1) is 5.52 Å². The summed E-state index contributed by atoms with van der Waals surface area (Å²) in [5.41, 5.74) is 1.26. The molecule has 2 aromatic rings. The molecule has 3 heteroatoms. The summed E-state index contributed by atoms with van der Waals surface area (Å²) >= 11 is 0. The summed E-state index contributed by atoms with van der Waals surface area (Å²) in [6, 6.07) is 8.96. The average Bonchev–Trinajstić information content (AvgIpc) is 2.17. The SMILES string of the molecule is OC(O)c1ccnc2ccccc12. The Balaban J connectivity index is 2.76. The molecule has 0 saturated carbocycles. The van der Waals surface area contributed by atoms with Crippen molar-refractivity contribution in [3.63, 3.8) is 0 Å². The molecule has 0 bridgehead atoms. The average molecular weight is 175 g/mol. The second-order valence-corrected chi connectivity index (χ2v) is 2.79. The van der Waals surface area contributed by atoms with Crippen molar-refractivity contribution in [1.82, 2.24) is 4.98 Å². The molecular formula is C10H9NO2. The normalized spacial score (nSPS) is 11.0. The second kappa shape index (κ2) is 3.12. The highest BCUT2D eigenvalue weighted by Crippen LogP contribution is 2.20. The minimum atomic E-state index is -1.44. The van der Waals surface area contributed by atoms with Gasteiger partial charge in [0.25, 0.3) is 0 Å². The number of aliphatic hydroxyl groups excluding tert-OH is 1. The lowest BCUT2D eigenvalue weighted by atomic mass is 10.1. The van der Waals surface area contributed by atoms with Crippen LogP contribution in [-0.2, 0) is 0 Å². The van der Waals surface area contributed by atoms with Gasteiger partial charge in [0.2, 0.25) is 0 Å². The predicted molar refractivity (Wildman–Crippen MR) is 48.9 cm³/mol. The van der Waals surface area contributed by atoms with Gasteiger partial charge in [0, 0.05) is 17.1 Å². The van der Waals surface area contributed by atoms with Gasteiger partial charge in [0.1, 0.15) is 0 Å². The molecular weight excluding hydrogens is 166 g/mol. The van der Waals surface area contributed by atoms with Crippen molar-refractivity contribution >= 4 is 10.9 Å². The molecule has 13 heavy (non-hydrogen) atoms. The Morgan fingerprint density at radius 1 is 1.08 bits per heavy atom. The molecule has 66 valence electrons. The number of nitrogens with zero attached hydrogens (tertiary/aromatic N) is 1. The molecule has 2 rings (SSSR count). The molecule has 1 aromatic carbocycles. The van der Waals surface area contributed by atoms with Gasteiger partial charge in [-0.15, -0.1) is 0 Å². The van der Waals surface area contributed by atoms with Gasteiger partial charge in [-0.3, -0.25) is 4.98 Å². The fourth-order valence-electron chi connectivity index (χ4n) is 1.34. The molecule has 0 aliphatic heterocycles. The van der Waals surface area contributed by atoms with Gasteiger partial charge in [-0.1, -0.05) is 18.2 Å². The Bertz CT molecular complexity index is 421. The van der Waals surface area contributed by atoms with E-state index in [2.05, 4.69) is 4.98 Å². The number of benzene rings is 1. The van der Waals surface area contributed by atoms with Crippen molar-refractivity contribution in [1.29, 1.82) is 0 Å². The highest BCUT2D eigenvalue weighted by atomic mass is 16.5. The van der Waals surface area contributed by atoms with Crippen LogP contribution < -0.4 is 0 Å². The monoisotopic (exact) mass is 175 g/mol. The third-order valence-electron chi connectivity index (χ3n) is 1.96. The van der Waals surface area contributed by atoms with Gasteiger partial charge in [-0.05, 0) is 12.1 Å². The number of aliphatic hydroxyl groups is 2. The Morgan fingerprint density at radius 2 is 1.85 bits per heavy atom. The van der Waals surface area contributed by atoms with Crippen molar-refractivity contribution in [3.05, 3.63) is 42.1 Å². The summed E-state index contributed by atoms with van der Waals surface area (Å²) in [5.74, 6) is 0. The highest BCUT2D eigenvalue weighted by molar-refractivity contribution is 5.81. The molecule has 0 radical (unpaired) electrons. The molecule has 1 aromatic heterocycles. The minimum absolute atomic E-state index is 0.491. The first-order valence-electron chi connectivity index (χ1n) is 3.99. The predicted octanol–water partition coefficient (Wildman–Crippen LogP) is 1.22. The first-order chi connectivity index (χ1) is 6.29. The number of rotatable bonds is 1. The van der Waals surface area contributed by atoms with E-state index in [1.807, 2.05) is 24.3 Å². The lowest BCUT2D eigenvalue weighted by Crippen LogP contribution is -1.96. The lowest BCUT2D eigenvalue weighted by molar-refractivity contribution is -0.0413. The standard InChI is InChI=1S/C10H9NO2/c12-10(13)8-5-6-11-9-4-2-1-3-7(8)9/h1-6,10,12-13H. The van der Waals surface area contributed by atoms with Gasteiger partial charge in [0.15, 0.2) is 6.29 Å². The Kier molecular flexibility index (Phi) is 1.96. The molecule has 0 spiro atoms. The number of para-hydroxylation sites is 1. The summed E-state index contributed by atoms with van der Waals surface area (Å²) in [4.78, 5) is 4.10. The van der Waals surface area contributed by atoms with E-state index in [9.17, 15) is 0 Å².